The minimum absolute atomic E-state index is 0.666. The minimum Gasteiger partial charge on any atom is -0.339 e. The summed E-state index contributed by atoms with van der Waals surface area (Å²) in [6, 6.07) is 10.2. The predicted molar refractivity (Wildman–Crippen MR) is 95.8 cm³/mol. The van der Waals surface area contributed by atoms with Crippen LogP contribution < -0.4 is 5.32 Å². The summed E-state index contributed by atoms with van der Waals surface area (Å²) in [6.07, 6.45) is 5.52. The summed E-state index contributed by atoms with van der Waals surface area (Å²) in [6.45, 7) is 4.72. The van der Waals surface area contributed by atoms with Crippen molar-refractivity contribution in [1.82, 2.24) is 15.0 Å². The Balaban J connectivity index is 1.68. The third-order valence-corrected chi connectivity index (χ3v) is 3.99. The number of fused-ring (bicyclic) bond motifs is 1. The van der Waals surface area contributed by atoms with Gasteiger partial charge in [-0.15, -0.1) is 0 Å². The number of anilines is 2. The number of nitrogens with zero attached hydrogens (tertiary/aromatic N) is 4. The summed E-state index contributed by atoms with van der Waals surface area (Å²) in [5.74, 6) is 1.50. The zero-order valence-electron chi connectivity index (χ0n) is 13.6. The third kappa shape index (κ3) is 2.76. The molecule has 0 saturated heterocycles. The van der Waals surface area contributed by atoms with E-state index < -0.39 is 0 Å². The van der Waals surface area contributed by atoms with Crippen molar-refractivity contribution in [2.24, 2.45) is 4.99 Å². The molecule has 0 unspecified atom stereocenters. The Bertz CT molecular complexity index is 946. The van der Waals surface area contributed by atoms with Crippen molar-refractivity contribution < 1.29 is 0 Å². The predicted octanol–water partition coefficient (Wildman–Crippen LogP) is 3.83. The fraction of sp³-hybridized carbons (Fsp3) is 0.158. The Kier molecular flexibility index (Phi) is 3.54. The Morgan fingerprint density at radius 1 is 1.04 bits per heavy atom. The summed E-state index contributed by atoms with van der Waals surface area (Å²) < 4.78 is 0. The van der Waals surface area contributed by atoms with Gasteiger partial charge in [0.25, 0.3) is 0 Å². The van der Waals surface area contributed by atoms with Gasteiger partial charge in [-0.1, -0.05) is 23.8 Å². The van der Waals surface area contributed by atoms with E-state index in [4.69, 9.17) is 0 Å². The third-order valence-electron chi connectivity index (χ3n) is 3.99. The van der Waals surface area contributed by atoms with E-state index in [9.17, 15) is 0 Å². The van der Waals surface area contributed by atoms with E-state index in [1.54, 1.807) is 0 Å². The largest absolute Gasteiger partial charge is 0.339 e. The Labute approximate surface area is 140 Å². The number of hydrogen-bond acceptors (Lipinski definition) is 5. The first kappa shape index (κ1) is 14.5. The zero-order valence-corrected chi connectivity index (χ0v) is 13.6. The molecule has 0 aliphatic carbocycles. The molecule has 0 radical (unpaired) electrons. The number of aryl methyl sites for hydroxylation is 2. The highest BCUT2D eigenvalue weighted by molar-refractivity contribution is 5.85. The normalized spacial score (nSPS) is 12.2. The Hall–Kier alpha value is -3.08. The topological polar surface area (TPSA) is 63.1 Å². The van der Waals surface area contributed by atoms with Gasteiger partial charge in [0.1, 0.15) is 5.82 Å². The highest BCUT2D eigenvalue weighted by Crippen LogP contribution is 2.24. The first-order valence-corrected chi connectivity index (χ1v) is 7.85. The molecule has 118 valence electrons. The van der Waals surface area contributed by atoms with Crippen LogP contribution in [0.15, 0.2) is 47.7 Å². The van der Waals surface area contributed by atoms with E-state index in [0.717, 1.165) is 33.9 Å². The van der Waals surface area contributed by atoms with Crippen LogP contribution in [-0.2, 0) is 6.54 Å². The second kappa shape index (κ2) is 5.85. The summed E-state index contributed by atoms with van der Waals surface area (Å²) in [5.41, 5.74) is 6.16. The van der Waals surface area contributed by atoms with Gasteiger partial charge < -0.3 is 5.32 Å². The molecule has 1 aliphatic heterocycles. The molecule has 1 aliphatic rings. The Morgan fingerprint density at radius 3 is 2.83 bits per heavy atom. The first-order chi connectivity index (χ1) is 11.7. The second-order valence-corrected chi connectivity index (χ2v) is 5.95. The molecule has 0 spiro atoms. The number of rotatable bonds is 3. The molecule has 0 bridgehead atoms. The van der Waals surface area contributed by atoms with Crippen molar-refractivity contribution in [1.29, 1.82) is 0 Å². The van der Waals surface area contributed by atoms with Gasteiger partial charge in [0.2, 0.25) is 0 Å². The SMILES string of the molecule is Cc1cccc(-c2ncc(C)c(Nc3cnc4c(c3)C=NC4)n2)c1. The molecule has 4 rings (SSSR count). The molecule has 1 aromatic carbocycles. The van der Waals surface area contributed by atoms with Gasteiger partial charge in [-0.25, -0.2) is 9.97 Å². The molecule has 5 nitrogen and oxygen atoms in total. The van der Waals surface area contributed by atoms with Crippen LogP contribution in [0.1, 0.15) is 22.4 Å². The van der Waals surface area contributed by atoms with Crippen LogP contribution >= 0.6 is 0 Å². The second-order valence-electron chi connectivity index (χ2n) is 5.95. The molecule has 2 aromatic heterocycles. The van der Waals surface area contributed by atoms with E-state index in [2.05, 4.69) is 44.3 Å². The van der Waals surface area contributed by atoms with Crippen molar-refractivity contribution in [2.45, 2.75) is 20.4 Å². The molecule has 24 heavy (non-hydrogen) atoms. The highest BCUT2D eigenvalue weighted by atomic mass is 15.0. The van der Waals surface area contributed by atoms with Gasteiger partial charge in [-0.2, -0.15) is 0 Å². The van der Waals surface area contributed by atoms with Crippen LogP contribution in [0.25, 0.3) is 11.4 Å². The van der Waals surface area contributed by atoms with Gasteiger partial charge in [0.15, 0.2) is 5.82 Å². The molecule has 1 N–H and O–H groups in total. The quantitative estimate of drug-likeness (QED) is 0.798. The van der Waals surface area contributed by atoms with Crippen LogP contribution in [0.4, 0.5) is 11.5 Å². The lowest BCUT2D eigenvalue weighted by molar-refractivity contribution is 1.02. The zero-order chi connectivity index (χ0) is 16.5. The number of benzene rings is 1. The van der Waals surface area contributed by atoms with Crippen LogP contribution in [0.2, 0.25) is 0 Å². The monoisotopic (exact) mass is 315 g/mol. The van der Waals surface area contributed by atoms with Crippen LogP contribution in [0.3, 0.4) is 0 Å². The molecule has 3 heterocycles. The van der Waals surface area contributed by atoms with E-state index >= 15 is 0 Å². The van der Waals surface area contributed by atoms with Gasteiger partial charge in [-0.3, -0.25) is 9.98 Å². The molecular weight excluding hydrogens is 298 g/mol. The van der Waals surface area contributed by atoms with E-state index in [1.165, 1.54) is 5.56 Å². The van der Waals surface area contributed by atoms with Gasteiger partial charge in [0.05, 0.1) is 24.1 Å². The summed E-state index contributed by atoms with van der Waals surface area (Å²) in [7, 11) is 0. The average molecular weight is 315 g/mol. The summed E-state index contributed by atoms with van der Waals surface area (Å²) in [4.78, 5) is 17.8. The number of aromatic nitrogens is 3. The molecule has 0 fully saturated rings. The van der Waals surface area contributed by atoms with Crippen molar-refractivity contribution in [3.05, 3.63) is 65.1 Å². The van der Waals surface area contributed by atoms with Crippen molar-refractivity contribution >= 4 is 17.7 Å². The molecule has 0 atom stereocenters. The van der Waals surface area contributed by atoms with E-state index in [-0.39, 0.29) is 0 Å². The fourth-order valence-corrected chi connectivity index (χ4v) is 2.68. The lowest BCUT2D eigenvalue weighted by atomic mass is 10.1. The van der Waals surface area contributed by atoms with Crippen LogP contribution in [-0.4, -0.2) is 21.2 Å². The number of nitrogens with one attached hydrogen (secondary N) is 1. The smallest absolute Gasteiger partial charge is 0.161 e. The average Bonchev–Trinajstić information content (AvgIpc) is 3.04. The van der Waals surface area contributed by atoms with Crippen molar-refractivity contribution in [3.63, 3.8) is 0 Å². The fourth-order valence-electron chi connectivity index (χ4n) is 2.68. The maximum Gasteiger partial charge on any atom is 0.161 e. The summed E-state index contributed by atoms with van der Waals surface area (Å²) in [5, 5.41) is 3.35. The van der Waals surface area contributed by atoms with Gasteiger partial charge in [-0.05, 0) is 26.0 Å². The molecule has 3 aromatic rings. The lowest BCUT2D eigenvalue weighted by Gasteiger charge is -2.11. The van der Waals surface area contributed by atoms with Crippen LogP contribution in [0.5, 0.6) is 0 Å². The van der Waals surface area contributed by atoms with Gasteiger partial charge >= 0.3 is 0 Å². The van der Waals surface area contributed by atoms with Crippen molar-refractivity contribution in [2.75, 3.05) is 5.32 Å². The summed E-state index contributed by atoms with van der Waals surface area (Å²) >= 11 is 0. The molecular formula is C19H17N5. The number of aliphatic imine (C=N–C) groups is 1. The molecule has 5 heteroatoms. The standard InChI is InChI=1S/C19H17N5/c1-12-4-3-5-14(6-12)19-22-8-13(2)18(24-19)23-16-7-15-9-20-11-17(15)21-10-16/h3-10H,11H2,1-2H3,(H,22,23,24). The van der Waals surface area contributed by atoms with Gasteiger partial charge in [0, 0.05) is 29.1 Å². The molecule has 0 saturated carbocycles. The van der Waals surface area contributed by atoms with Crippen LogP contribution in [0, 0.1) is 13.8 Å². The maximum atomic E-state index is 4.69. The lowest BCUT2D eigenvalue weighted by Crippen LogP contribution is -2.01. The maximum absolute atomic E-state index is 4.69. The van der Waals surface area contributed by atoms with E-state index in [1.807, 2.05) is 43.7 Å². The van der Waals surface area contributed by atoms with Crippen molar-refractivity contribution in [3.8, 4) is 11.4 Å². The number of pyridine rings is 1. The highest BCUT2D eigenvalue weighted by Gasteiger charge is 2.11. The molecule has 0 amide bonds. The number of hydrogen-bond donors (Lipinski definition) is 1. The first-order valence-electron chi connectivity index (χ1n) is 7.85. The minimum atomic E-state index is 0.666. The Morgan fingerprint density at radius 2 is 1.96 bits per heavy atom. The van der Waals surface area contributed by atoms with E-state index in [0.29, 0.717) is 12.4 Å².